The van der Waals surface area contributed by atoms with Gasteiger partial charge in [0.05, 0.1) is 11.4 Å². The fraction of sp³-hybridized carbons (Fsp3) is 0.615. The molecular formula is C13H19NOS. The molecule has 2 rings (SSSR count). The van der Waals surface area contributed by atoms with Crippen LogP contribution in [-0.2, 0) is 0 Å². The summed E-state index contributed by atoms with van der Waals surface area (Å²) in [6.07, 6.45) is 2.49. The summed E-state index contributed by atoms with van der Waals surface area (Å²) >= 11 is 1.54. The maximum atomic E-state index is 12.0. The number of hydrogen-bond acceptors (Lipinski definition) is 3. The fourth-order valence-electron chi connectivity index (χ4n) is 2.40. The number of nitrogens with zero attached hydrogens (tertiary/aromatic N) is 1. The summed E-state index contributed by atoms with van der Waals surface area (Å²) < 4.78 is 0. The summed E-state index contributed by atoms with van der Waals surface area (Å²) in [4.78, 5) is 15.1. The molecule has 0 aliphatic carbocycles. The van der Waals surface area contributed by atoms with Crippen molar-refractivity contribution < 1.29 is 4.79 Å². The maximum Gasteiger partial charge on any atom is 0.186 e. The SMILES string of the molecule is CC1(C)CCCN(CC(=O)c2cccs2)C1. The van der Waals surface area contributed by atoms with Crippen LogP contribution in [0, 0.1) is 5.41 Å². The van der Waals surface area contributed by atoms with Crippen molar-refractivity contribution in [2.45, 2.75) is 26.7 Å². The standard InChI is InChI=1S/C13H19NOS/c1-13(2)6-4-7-14(10-13)9-11(15)12-5-3-8-16-12/h3,5,8H,4,6-7,9-10H2,1-2H3. The summed E-state index contributed by atoms with van der Waals surface area (Å²) in [6.45, 7) is 7.28. The number of carbonyl (C=O) groups excluding carboxylic acids is 1. The molecule has 0 N–H and O–H groups in total. The zero-order valence-electron chi connectivity index (χ0n) is 10.0. The van der Waals surface area contributed by atoms with Crippen molar-refractivity contribution in [3.63, 3.8) is 0 Å². The molecule has 16 heavy (non-hydrogen) atoms. The average molecular weight is 237 g/mol. The lowest BCUT2D eigenvalue weighted by Gasteiger charge is -2.37. The van der Waals surface area contributed by atoms with E-state index in [1.807, 2.05) is 17.5 Å². The van der Waals surface area contributed by atoms with Crippen LogP contribution in [-0.4, -0.2) is 30.3 Å². The normalized spacial score (nSPS) is 20.9. The monoisotopic (exact) mass is 237 g/mol. The number of ketones is 1. The highest BCUT2D eigenvalue weighted by Gasteiger charge is 2.27. The van der Waals surface area contributed by atoms with Crippen molar-refractivity contribution in [3.05, 3.63) is 22.4 Å². The highest BCUT2D eigenvalue weighted by atomic mass is 32.1. The number of piperidine rings is 1. The third-order valence-corrected chi connectivity index (χ3v) is 4.05. The third-order valence-electron chi connectivity index (χ3n) is 3.14. The topological polar surface area (TPSA) is 20.3 Å². The van der Waals surface area contributed by atoms with Crippen LogP contribution in [0.3, 0.4) is 0 Å². The first-order chi connectivity index (χ1) is 7.57. The summed E-state index contributed by atoms with van der Waals surface area (Å²) in [5.41, 5.74) is 0.369. The van der Waals surface area contributed by atoms with Crippen molar-refractivity contribution in [1.82, 2.24) is 4.90 Å². The first-order valence-electron chi connectivity index (χ1n) is 5.86. The molecule has 0 unspecified atom stereocenters. The van der Waals surface area contributed by atoms with Crippen molar-refractivity contribution in [3.8, 4) is 0 Å². The van der Waals surface area contributed by atoms with Crippen molar-refractivity contribution in [2.75, 3.05) is 19.6 Å². The van der Waals surface area contributed by atoms with E-state index in [0.29, 0.717) is 12.0 Å². The molecule has 1 aromatic heterocycles. The van der Waals surface area contributed by atoms with Crippen LogP contribution in [0.2, 0.25) is 0 Å². The molecule has 1 saturated heterocycles. The molecule has 2 heterocycles. The van der Waals surface area contributed by atoms with Gasteiger partial charge in [0.2, 0.25) is 0 Å². The van der Waals surface area contributed by atoms with Crippen molar-refractivity contribution in [2.24, 2.45) is 5.41 Å². The van der Waals surface area contributed by atoms with Crippen LogP contribution >= 0.6 is 11.3 Å². The van der Waals surface area contributed by atoms with Gasteiger partial charge in [0.1, 0.15) is 0 Å². The van der Waals surface area contributed by atoms with Gasteiger partial charge in [0.15, 0.2) is 5.78 Å². The van der Waals surface area contributed by atoms with Gasteiger partial charge in [-0.3, -0.25) is 9.69 Å². The molecule has 2 nitrogen and oxygen atoms in total. The molecule has 1 aliphatic heterocycles. The lowest BCUT2D eigenvalue weighted by Crippen LogP contribution is -2.42. The van der Waals surface area contributed by atoms with Gasteiger partial charge in [0.25, 0.3) is 0 Å². The lowest BCUT2D eigenvalue weighted by molar-refractivity contribution is 0.0813. The Labute approximate surface area is 101 Å². The Morgan fingerprint density at radius 1 is 1.56 bits per heavy atom. The van der Waals surface area contributed by atoms with E-state index in [2.05, 4.69) is 18.7 Å². The second kappa shape index (κ2) is 4.68. The van der Waals surface area contributed by atoms with Gasteiger partial charge in [-0.25, -0.2) is 0 Å². The molecule has 0 bridgehead atoms. The van der Waals surface area contributed by atoms with E-state index < -0.39 is 0 Å². The number of carbonyl (C=O) groups is 1. The Bertz CT molecular complexity index is 356. The van der Waals surface area contributed by atoms with Crippen molar-refractivity contribution >= 4 is 17.1 Å². The minimum Gasteiger partial charge on any atom is -0.295 e. The van der Waals surface area contributed by atoms with Crippen LogP contribution in [0.15, 0.2) is 17.5 Å². The Kier molecular flexibility index (Phi) is 3.45. The van der Waals surface area contributed by atoms with Crippen LogP contribution in [0.1, 0.15) is 36.4 Å². The molecule has 3 heteroatoms. The van der Waals surface area contributed by atoms with Crippen LogP contribution in [0.5, 0.6) is 0 Å². The molecule has 0 aromatic carbocycles. The van der Waals surface area contributed by atoms with E-state index >= 15 is 0 Å². The number of likely N-dealkylation sites (tertiary alicyclic amines) is 1. The largest absolute Gasteiger partial charge is 0.295 e. The van der Waals surface area contributed by atoms with Gasteiger partial charge in [-0.05, 0) is 36.2 Å². The van der Waals surface area contributed by atoms with Crippen LogP contribution in [0.4, 0.5) is 0 Å². The van der Waals surface area contributed by atoms with Gasteiger partial charge in [-0.1, -0.05) is 19.9 Å². The number of thiophene rings is 1. The quantitative estimate of drug-likeness (QED) is 0.753. The van der Waals surface area contributed by atoms with Crippen LogP contribution < -0.4 is 0 Å². The summed E-state index contributed by atoms with van der Waals surface area (Å²) in [6, 6.07) is 3.86. The number of Topliss-reactive ketones (excluding diaryl/α,β-unsaturated/α-hetero) is 1. The molecule has 88 valence electrons. The molecule has 1 fully saturated rings. The van der Waals surface area contributed by atoms with E-state index in [9.17, 15) is 4.79 Å². The van der Waals surface area contributed by atoms with E-state index in [4.69, 9.17) is 0 Å². The number of rotatable bonds is 3. The molecule has 0 atom stereocenters. The zero-order chi connectivity index (χ0) is 11.6. The molecular weight excluding hydrogens is 218 g/mol. The predicted molar refractivity (Wildman–Crippen MR) is 68.1 cm³/mol. The van der Waals surface area contributed by atoms with E-state index in [1.165, 1.54) is 12.8 Å². The van der Waals surface area contributed by atoms with Gasteiger partial charge in [0, 0.05) is 6.54 Å². The summed E-state index contributed by atoms with van der Waals surface area (Å²) in [7, 11) is 0. The van der Waals surface area contributed by atoms with Gasteiger partial charge < -0.3 is 0 Å². The highest BCUT2D eigenvalue weighted by Crippen LogP contribution is 2.28. The number of hydrogen-bond donors (Lipinski definition) is 0. The first kappa shape index (κ1) is 11.8. The molecule has 0 saturated carbocycles. The second-order valence-corrected chi connectivity index (χ2v) is 6.33. The molecule has 1 aromatic rings. The van der Waals surface area contributed by atoms with Gasteiger partial charge in [-0.15, -0.1) is 11.3 Å². The minimum absolute atomic E-state index is 0.271. The fourth-order valence-corrected chi connectivity index (χ4v) is 3.05. The summed E-state index contributed by atoms with van der Waals surface area (Å²) in [5.74, 6) is 0.271. The van der Waals surface area contributed by atoms with Crippen molar-refractivity contribution in [1.29, 1.82) is 0 Å². The Morgan fingerprint density at radius 3 is 3.00 bits per heavy atom. The Morgan fingerprint density at radius 2 is 2.38 bits per heavy atom. The maximum absolute atomic E-state index is 12.0. The minimum atomic E-state index is 0.271. The lowest BCUT2D eigenvalue weighted by atomic mass is 9.84. The van der Waals surface area contributed by atoms with Crippen LogP contribution in [0.25, 0.3) is 0 Å². The molecule has 1 aliphatic rings. The third kappa shape index (κ3) is 2.92. The smallest absolute Gasteiger partial charge is 0.186 e. The predicted octanol–water partition coefficient (Wildman–Crippen LogP) is 3.05. The molecule has 0 amide bonds. The molecule has 0 spiro atoms. The molecule has 0 radical (unpaired) electrons. The Balaban J connectivity index is 1.92. The summed E-state index contributed by atoms with van der Waals surface area (Å²) in [5, 5.41) is 1.97. The average Bonchev–Trinajstić information content (AvgIpc) is 2.68. The van der Waals surface area contributed by atoms with E-state index in [0.717, 1.165) is 18.0 Å². The Hall–Kier alpha value is -0.670. The zero-order valence-corrected chi connectivity index (χ0v) is 10.8. The first-order valence-corrected chi connectivity index (χ1v) is 6.74. The van der Waals surface area contributed by atoms with Gasteiger partial charge >= 0.3 is 0 Å². The van der Waals surface area contributed by atoms with E-state index in [-0.39, 0.29) is 5.78 Å². The second-order valence-electron chi connectivity index (χ2n) is 5.38. The van der Waals surface area contributed by atoms with E-state index in [1.54, 1.807) is 11.3 Å². The highest BCUT2D eigenvalue weighted by molar-refractivity contribution is 7.12. The van der Waals surface area contributed by atoms with Gasteiger partial charge in [-0.2, -0.15) is 0 Å².